The van der Waals surface area contributed by atoms with E-state index in [0.29, 0.717) is 31.1 Å². The monoisotopic (exact) mass is 558 g/mol. The van der Waals surface area contributed by atoms with E-state index in [1.165, 1.54) is 0 Å². The van der Waals surface area contributed by atoms with Crippen molar-refractivity contribution in [2.75, 3.05) is 13.2 Å². The fourth-order valence-corrected chi connectivity index (χ4v) is 6.49. The van der Waals surface area contributed by atoms with Crippen LogP contribution in [-0.4, -0.2) is 42.3 Å². The van der Waals surface area contributed by atoms with E-state index in [1.807, 2.05) is 32.0 Å². The van der Waals surface area contributed by atoms with Crippen LogP contribution < -0.4 is 0 Å². The molecule has 2 saturated carbocycles. The number of fused-ring (bicyclic) bond motifs is 1. The molecule has 2 aliphatic carbocycles. The Hall–Kier alpha value is -1.65. The van der Waals surface area contributed by atoms with E-state index >= 15 is 0 Å². The number of carbonyl (C=O) groups excluding carboxylic acids is 1. The Morgan fingerprint density at radius 3 is 2.58 bits per heavy atom. The third-order valence-corrected chi connectivity index (χ3v) is 8.54. The van der Waals surface area contributed by atoms with Crippen LogP contribution in [0.3, 0.4) is 0 Å². The minimum Gasteiger partial charge on any atom is -0.458 e. The fraction of sp³-hybridized carbons (Fsp3) is 0.633. The Labute approximate surface area is 224 Å². The van der Waals surface area contributed by atoms with Gasteiger partial charge in [0.15, 0.2) is 5.79 Å². The summed E-state index contributed by atoms with van der Waals surface area (Å²) in [4.78, 5) is 12.9. The van der Waals surface area contributed by atoms with Crippen molar-refractivity contribution in [2.24, 2.45) is 29.1 Å². The molecule has 1 aliphatic heterocycles. The molecule has 6 heteroatoms. The molecule has 1 heterocycles. The number of aliphatic hydroxyl groups excluding tert-OH is 1. The van der Waals surface area contributed by atoms with Gasteiger partial charge in [0, 0.05) is 41.5 Å². The summed E-state index contributed by atoms with van der Waals surface area (Å²) >= 11 is 3.66. The van der Waals surface area contributed by atoms with Gasteiger partial charge in [-0.25, -0.2) is 4.79 Å². The van der Waals surface area contributed by atoms with Gasteiger partial charge in [0.1, 0.15) is 6.10 Å². The van der Waals surface area contributed by atoms with Crippen molar-refractivity contribution >= 4 is 21.9 Å². The van der Waals surface area contributed by atoms with Crippen LogP contribution in [0.1, 0.15) is 70.2 Å². The lowest BCUT2D eigenvalue weighted by atomic mass is 9.89. The molecule has 4 rings (SSSR count). The highest BCUT2D eigenvalue weighted by Crippen LogP contribution is 2.56. The molecule has 1 N–H and O–H groups in total. The van der Waals surface area contributed by atoms with Crippen LogP contribution in [0, 0.1) is 40.9 Å². The van der Waals surface area contributed by atoms with Crippen LogP contribution in [0.5, 0.6) is 0 Å². The molecule has 0 radical (unpaired) electrons. The number of hydrogen-bond acceptors (Lipinski definition) is 5. The highest BCUT2D eigenvalue weighted by Gasteiger charge is 2.57. The molecule has 1 aromatic carbocycles. The molecule has 1 spiro atoms. The Morgan fingerprint density at radius 1 is 1.22 bits per heavy atom. The molecule has 36 heavy (non-hydrogen) atoms. The van der Waals surface area contributed by atoms with Gasteiger partial charge < -0.3 is 19.3 Å². The van der Waals surface area contributed by atoms with Crippen molar-refractivity contribution in [3.05, 3.63) is 46.5 Å². The average molecular weight is 560 g/mol. The maximum absolute atomic E-state index is 12.9. The van der Waals surface area contributed by atoms with Crippen LogP contribution in [0.15, 0.2) is 40.9 Å². The van der Waals surface area contributed by atoms with Crippen molar-refractivity contribution in [2.45, 2.75) is 77.8 Å². The number of halogens is 1. The quantitative estimate of drug-likeness (QED) is 0.337. The third kappa shape index (κ3) is 6.25. The van der Waals surface area contributed by atoms with Crippen molar-refractivity contribution < 1.29 is 24.1 Å². The zero-order valence-corrected chi connectivity index (χ0v) is 23.4. The predicted octanol–water partition coefficient (Wildman–Crippen LogP) is 6.11. The van der Waals surface area contributed by atoms with Crippen molar-refractivity contribution in [1.82, 2.24) is 0 Å². The second-order valence-electron chi connectivity index (χ2n) is 11.5. The van der Waals surface area contributed by atoms with Gasteiger partial charge in [-0.15, -0.1) is 11.8 Å². The highest BCUT2D eigenvalue weighted by molar-refractivity contribution is 9.11. The molecule has 3 aliphatic rings. The van der Waals surface area contributed by atoms with Gasteiger partial charge in [-0.1, -0.05) is 67.9 Å². The second-order valence-corrected chi connectivity index (χ2v) is 12.4. The lowest BCUT2D eigenvalue weighted by Crippen LogP contribution is -2.46. The lowest BCUT2D eigenvalue weighted by Gasteiger charge is -2.42. The van der Waals surface area contributed by atoms with E-state index in [-0.39, 0.29) is 35.2 Å². The normalized spacial score (nSPS) is 30.2. The van der Waals surface area contributed by atoms with Crippen LogP contribution in [-0.2, 0) is 14.2 Å². The van der Waals surface area contributed by atoms with Crippen LogP contribution >= 0.6 is 15.9 Å². The minimum atomic E-state index is -0.668. The summed E-state index contributed by atoms with van der Waals surface area (Å²) < 4.78 is 19.5. The summed E-state index contributed by atoms with van der Waals surface area (Å²) in [6, 6.07) is 9.13. The summed E-state index contributed by atoms with van der Waals surface area (Å²) in [6.07, 6.45) is 4.91. The van der Waals surface area contributed by atoms with E-state index < -0.39 is 11.9 Å². The van der Waals surface area contributed by atoms with E-state index in [4.69, 9.17) is 14.2 Å². The van der Waals surface area contributed by atoms with Gasteiger partial charge in [0.05, 0.1) is 24.9 Å². The standard InChI is InChI=1S/C30H39BrO5/c1-5-6-8-11-20(2)27(32)25(31)15-23-24-17-30(34-18-29(3,4)19-35-30)16-22(24)14-26(23)36-28(33)21-12-9-7-10-13-21/h7,9-10,12-13,15,20,22-24,26-27,32H,5,11,14,16-19H2,1-4H3/b25-15-/t20-,22?,23+,24-,26+,27+/m0/s1. The molecule has 3 fully saturated rings. The molecule has 1 saturated heterocycles. The Bertz CT molecular complexity index is 997. The number of aliphatic hydroxyl groups is 1. The first kappa shape index (κ1) is 27.4. The van der Waals surface area contributed by atoms with Crippen LogP contribution in [0.25, 0.3) is 0 Å². The molecule has 0 aromatic heterocycles. The lowest BCUT2D eigenvalue weighted by molar-refractivity contribution is -0.298. The molecule has 196 valence electrons. The van der Waals surface area contributed by atoms with E-state index in [1.54, 1.807) is 12.1 Å². The highest BCUT2D eigenvalue weighted by atomic mass is 79.9. The number of carbonyl (C=O) groups is 1. The Balaban J connectivity index is 1.53. The molecule has 0 bridgehead atoms. The van der Waals surface area contributed by atoms with Crippen molar-refractivity contribution in [3.8, 4) is 11.8 Å². The van der Waals surface area contributed by atoms with Gasteiger partial charge in [-0.05, 0) is 36.3 Å². The molecular weight excluding hydrogens is 520 g/mol. The Morgan fingerprint density at radius 2 is 1.92 bits per heavy atom. The minimum absolute atomic E-state index is 0.0138. The number of ether oxygens (including phenoxy) is 3. The first-order valence-corrected chi connectivity index (χ1v) is 14.0. The van der Waals surface area contributed by atoms with Gasteiger partial charge >= 0.3 is 5.97 Å². The van der Waals surface area contributed by atoms with E-state index in [0.717, 1.165) is 30.2 Å². The maximum atomic E-state index is 12.9. The predicted molar refractivity (Wildman–Crippen MR) is 143 cm³/mol. The summed E-state index contributed by atoms with van der Waals surface area (Å²) in [6.45, 7) is 9.70. The summed E-state index contributed by atoms with van der Waals surface area (Å²) in [5.41, 5.74) is 0.567. The largest absolute Gasteiger partial charge is 0.458 e. The number of hydrogen-bond donors (Lipinski definition) is 1. The average Bonchev–Trinajstić information content (AvgIpc) is 3.36. The van der Waals surface area contributed by atoms with E-state index in [9.17, 15) is 9.90 Å². The maximum Gasteiger partial charge on any atom is 0.338 e. The topological polar surface area (TPSA) is 65.0 Å². The Kier molecular flexibility index (Phi) is 8.67. The van der Waals surface area contributed by atoms with Crippen LogP contribution in [0.4, 0.5) is 0 Å². The number of esters is 1. The van der Waals surface area contributed by atoms with Crippen molar-refractivity contribution in [1.29, 1.82) is 0 Å². The fourth-order valence-electron chi connectivity index (χ4n) is 5.73. The van der Waals surface area contributed by atoms with Gasteiger partial charge in [-0.2, -0.15) is 0 Å². The molecule has 6 atom stereocenters. The van der Waals surface area contributed by atoms with Gasteiger partial charge in [0.2, 0.25) is 0 Å². The SMILES string of the molecule is CCC#CC[C@H](C)[C@@H](O)/C(Br)=C/[C@H]1[C@H](OC(=O)c2ccccc2)CC2CC3(C[C@@H]21)OCC(C)(C)CO3. The summed E-state index contributed by atoms with van der Waals surface area (Å²) in [5.74, 6) is 5.87. The number of benzene rings is 1. The van der Waals surface area contributed by atoms with Crippen molar-refractivity contribution in [3.63, 3.8) is 0 Å². The molecule has 0 amide bonds. The molecule has 5 nitrogen and oxygen atoms in total. The zero-order valence-electron chi connectivity index (χ0n) is 21.8. The van der Waals surface area contributed by atoms with Gasteiger partial charge in [0.25, 0.3) is 0 Å². The first-order valence-electron chi connectivity index (χ1n) is 13.2. The summed E-state index contributed by atoms with van der Waals surface area (Å²) in [7, 11) is 0. The summed E-state index contributed by atoms with van der Waals surface area (Å²) in [5, 5.41) is 11.0. The van der Waals surface area contributed by atoms with Gasteiger partial charge in [-0.3, -0.25) is 0 Å². The second kappa shape index (κ2) is 11.4. The van der Waals surface area contributed by atoms with E-state index in [2.05, 4.69) is 47.7 Å². The molecule has 1 unspecified atom stereocenters. The smallest absolute Gasteiger partial charge is 0.338 e. The molecular formula is C30H39BrO5. The molecule has 1 aromatic rings. The zero-order chi connectivity index (χ0) is 25.9. The first-order chi connectivity index (χ1) is 17.1. The van der Waals surface area contributed by atoms with Crippen LogP contribution in [0.2, 0.25) is 0 Å². The third-order valence-electron chi connectivity index (χ3n) is 7.80. The number of rotatable bonds is 6.